The highest BCUT2D eigenvalue weighted by Crippen LogP contribution is 2.30. The lowest BCUT2D eigenvalue weighted by atomic mass is 10.2. The van der Waals surface area contributed by atoms with Gasteiger partial charge in [-0.2, -0.15) is 0 Å². The van der Waals surface area contributed by atoms with Crippen LogP contribution in [0, 0.1) is 6.92 Å². The van der Waals surface area contributed by atoms with E-state index in [1.54, 1.807) is 35.6 Å². The Morgan fingerprint density at radius 2 is 1.92 bits per heavy atom. The Morgan fingerprint density at radius 1 is 1.19 bits per heavy atom. The van der Waals surface area contributed by atoms with E-state index in [-0.39, 0.29) is 5.75 Å². The maximum absolute atomic E-state index is 12.2. The van der Waals surface area contributed by atoms with E-state index in [4.69, 9.17) is 0 Å². The van der Waals surface area contributed by atoms with Crippen molar-refractivity contribution in [2.24, 2.45) is 0 Å². The number of halogens is 1. The van der Waals surface area contributed by atoms with Crippen molar-refractivity contribution in [3.8, 4) is 10.6 Å². The Balaban J connectivity index is 1.61. The highest BCUT2D eigenvalue weighted by molar-refractivity contribution is 9.10. The smallest absolute Gasteiger partial charge is 0.241 e. The van der Waals surface area contributed by atoms with E-state index in [0.717, 1.165) is 15.0 Å². The molecule has 0 radical (unpaired) electrons. The number of sulfone groups is 1. The molecule has 0 aliphatic carbocycles. The lowest BCUT2D eigenvalue weighted by Crippen LogP contribution is -2.23. The second-order valence-corrected chi connectivity index (χ2v) is 10.8. The third kappa shape index (κ3) is 5.23. The van der Waals surface area contributed by atoms with Crippen LogP contribution in [0.15, 0.2) is 46.3 Å². The molecule has 26 heavy (non-hydrogen) atoms. The summed E-state index contributed by atoms with van der Waals surface area (Å²) in [5, 5.41) is 4.82. The second-order valence-electron chi connectivity index (χ2n) is 5.66. The molecule has 0 unspecified atom stereocenters. The van der Waals surface area contributed by atoms with Crippen LogP contribution in [0.25, 0.3) is 10.6 Å². The fourth-order valence-corrected chi connectivity index (χ4v) is 5.43. The number of thiazole rings is 1. The molecular weight excluding hydrogens is 456 g/mol. The zero-order valence-electron chi connectivity index (χ0n) is 13.7. The van der Waals surface area contributed by atoms with E-state index in [1.165, 1.54) is 16.2 Å². The van der Waals surface area contributed by atoms with Gasteiger partial charge in [0.15, 0.2) is 15.0 Å². The monoisotopic (exact) mass is 470 g/mol. The average Bonchev–Trinajstić information content (AvgIpc) is 3.17. The van der Waals surface area contributed by atoms with Gasteiger partial charge in [-0.15, -0.1) is 22.7 Å². The number of anilines is 1. The van der Waals surface area contributed by atoms with Crippen LogP contribution in [0.2, 0.25) is 0 Å². The highest BCUT2D eigenvalue weighted by Gasteiger charge is 2.19. The number of benzene rings is 1. The normalized spacial score (nSPS) is 11.5. The van der Waals surface area contributed by atoms with Gasteiger partial charge in [-0.3, -0.25) is 4.79 Å². The first kappa shape index (κ1) is 19.2. The molecule has 136 valence electrons. The van der Waals surface area contributed by atoms with Crippen LogP contribution in [-0.2, 0) is 20.4 Å². The summed E-state index contributed by atoms with van der Waals surface area (Å²) < 4.78 is 25.3. The largest absolute Gasteiger partial charge is 0.301 e. The van der Waals surface area contributed by atoms with Gasteiger partial charge in [0.1, 0.15) is 5.75 Å². The third-order valence-corrected chi connectivity index (χ3v) is 7.18. The van der Waals surface area contributed by atoms with Crippen molar-refractivity contribution in [1.29, 1.82) is 0 Å². The quantitative estimate of drug-likeness (QED) is 0.575. The Labute approximate surface area is 168 Å². The molecule has 5 nitrogen and oxygen atoms in total. The molecule has 0 saturated carbocycles. The lowest BCUT2D eigenvalue weighted by molar-refractivity contribution is -0.113. The summed E-state index contributed by atoms with van der Waals surface area (Å²) in [4.78, 5) is 18.6. The number of hydrogen-bond donors (Lipinski definition) is 1. The number of carbonyl (C=O) groups excluding carboxylic acids is 1. The van der Waals surface area contributed by atoms with Crippen molar-refractivity contribution in [3.05, 3.63) is 56.7 Å². The number of aryl methyl sites for hydroxylation is 1. The van der Waals surface area contributed by atoms with Gasteiger partial charge in [0, 0.05) is 14.7 Å². The Bertz CT molecular complexity index is 1020. The molecule has 3 rings (SSSR count). The predicted octanol–water partition coefficient (Wildman–Crippen LogP) is 4.50. The number of hydrogen-bond acceptors (Lipinski definition) is 6. The zero-order valence-corrected chi connectivity index (χ0v) is 17.8. The molecule has 1 amide bonds. The minimum absolute atomic E-state index is 0.175. The Hall–Kier alpha value is -1.55. The van der Waals surface area contributed by atoms with Gasteiger partial charge < -0.3 is 5.32 Å². The van der Waals surface area contributed by atoms with Gasteiger partial charge in [-0.25, -0.2) is 13.4 Å². The van der Waals surface area contributed by atoms with Crippen LogP contribution < -0.4 is 5.32 Å². The number of rotatable bonds is 6. The number of carbonyl (C=O) groups is 1. The van der Waals surface area contributed by atoms with Gasteiger partial charge >= 0.3 is 0 Å². The van der Waals surface area contributed by atoms with Crippen LogP contribution in [0.4, 0.5) is 5.13 Å². The minimum atomic E-state index is -3.56. The highest BCUT2D eigenvalue weighted by atomic mass is 79.9. The maximum atomic E-state index is 12.2. The van der Waals surface area contributed by atoms with Crippen molar-refractivity contribution in [1.82, 2.24) is 4.98 Å². The first-order chi connectivity index (χ1) is 12.3. The minimum Gasteiger partial charge on any atom is -0.301 e. The van der Waals surface area contributed by atoms with Crippen molar-refractivity contribution in [2.45, 2.75) is 12.7 Å². The molecule has 2 aromatic heterocycles. The summed E-state index contributed by atoms with van der Waals surface area (Å²) in [6.45, 7) is 2.01. The standard InChI is InChI=1S/C17H15BrN2O3S3/c1-11-2-7-15(25-11)14-8-24-17(19-14)20-16(21)10-26(22,23)9-12-3-5-13(18)6-4-12/h2-8H,9-10H2,1H3,(H,19,20,21). The van der Waals surface area contributed by atoms with Crippen molar-refractivity contribution in [3.63, 3.8) is 0 Å². The number of thiophene rings is 1. The van der Waals surface area contributed by atoms with Crippen LogP contribution in [0.5, 0.6) is 0 Å². The van der Waals surface area contributed by atoms with Crippen molar-refractivity contribution < 1.29 is 13.2 Å². The molecule has 9 heteroatoms. The van der Waals surface area contributed by atoms with Gasteiger partial charge in [0.05, 0.1) is 16.3 Å². The molecule has 0 bridgehead atoms. The van der Waals surface area contributed by atoms with E-state index >= 15 is 0 Å². The van der Waals surface area contributed by atoms with Gasteiger partial charge in [0.25, 0.3) is 0 Å². The molecule has 0 fully saturated rings. The predicted molar refractivity (Wildman–Crippen MR) is 110 cm³/mol. The Morgan fingerprint density at radius 3 is 2.58 bits per heavy atom. The fraction of sp³-hybridized carbons (Fsp3) is 0.176. The average molecular weight is 471 g/mol. The van der Waals surface area contributed by atoms with E-state index in [1.807, 2.05) is 24.4 Å². The first-order valence-corrected chi connectivity index (χ1v) is 11.9. The summed E-state index contributed by atoms with van der Waals surface area (Å²) in [5.41, 5.74) is 1.42. The molecule has 0 aliphatic rings. The van der Waals surface area contributed by atoms with Crippen LogP contribution in [0.1, 0.15) is 10.4 Å². The van der Waals surface area contributed by atoms with Gasteiger partial charge in [-0.1, -0.05) is 28.1 Å². The van der Waals surface area contributed by atoms with Crippen molar-refractivity contribution >= 4 is 59.5 Å². The second kappa shape index (κ2) is 7.99. The molecule has 1 aromatic carbocycles. The Kier molecular flexibility index (Phi) is 5.91. The summed E-state index contributed by atoms with van der Waals surface area (Å²) in [6, 6.07) is 11.0. The van der Waals surface area contributed by atoms with Gasteiger partial charge in [-0.05, 0) is 36.8 Å². The zero-order chi connectivity index (χ0) is 18.7. The van der Waals surface area contributed by atoms with E-state index in [2.05, 4.69) is 26.2 Å². The SMILES string of the molecule is Cc1ccc(-c2csc(NC(=O)CS(=O)(=O)Cc3ccc(Br)cc3)n2)s1. The molecule has 0 atom stereocenters. The summed E-state index contributed by atoms with van der Waals surface area (Å²) in [7, 11) is -3.56. The lowest BCUT2D eigenvalue weighted by Gasteiger charge is -2.05. The summed E-state index contributed by atoms with van der Waals surface area (Å²) >= 11 is 6.20. The summed E-state index contributed by atoms with van der Waals surface area (Å²) in [5.74, 6) is -1.33. The molecule has 0 aliphatic heterocycles. The van der Waals surface area contributed by atoms with Crippen molar-refractivity contribution in [2.75, 3.05) is 11.1 Å². The third-order valence-electron chi connectivity index (χ3n) is 3.39. The van der Waals surface area contributed by atoms with E-state index in [0.29, 0.717) is 10.7 Å². The van der Waals surface area contributed by atoms with E-state index < -0.39 is 21.5 Å². The fourth-order valence-electron chi connectivity index (χ4n) is 2.26. The van der Waals surface area contributed by atoms with Crippen LogP contribution in [0.3, 0.4) is 0 Å². The molecule has 0 spiro atoms. The van der Waals surface area contributed by atoms with Crippen LogP contribution in [-0.4, -0.2) is 25.1 Å². The molecule has 1 N–H and O–H groups in total. The van der Waals surface area contributed by atoms with Crippen LogP contribution >= 0.6 is 38.6 Å². The number of amides is 1. The number of aromatic nitrogens is 1. The molecule has 0 saturated heterocycles. The molecular formula is C17H15BrN2O3S3. The van der Waals surface area contributed by atoms with E-state index in [9.17, 15) is 13.2 Å². The first-order valence-electron chi connectivity index (χ1n) is 7.58. The topological polar surface area (TPSA) is 76.1 Å². The number of nitrogens with zero attached hydrogens (tertiary/aromatic N) is 1. The molecule has 3 aromatic rings. The molecule has 2 heterocycles. The maximum Gasteiger partial charge on any atom is 0.241 e. The summed E-state index contributed by atoms with van der Waals surface area (Å²) in [6.07, 6.45) is 0. The number of nitrogens with one attached hydrogen (secondary N) is 1. The van der Waals surface area contributed by atoms with Gasteiger partial charge in [0.2, 0.25) is 5.91 Å².